The van der Waals surface area contributed by atoms with E-state index in [0.29, 0.717) is 12.8 Å². The fourth-order valence-electron chi connectivity index (χ4n) is 1.58. The lowest BCUT2D eigenvalue weighted by Gasteiger charge is -2.16. The van der Waals surface area contributed by atoms with Gasteiger partial charge in [0.05, 0.1) is 18.3 Å². The molecule has 0 bridgehead atoms. The van der Waals surface area contributed by atoms with Crippen molar-refractivity contribution >= 4 is 5.91 Å². The Hall–Kier alpha value is -0.650. The van der Waals surface area contributed by atoms with E-state index in [1.807, 2.05) is 6.92 Å². The maximum absolute atomic E-state index is 11.6. The van der Waals surface area contributed by atoms with Crippen LogP contribution in [0.15, 0.2) is 0 Å². The van der Waals surface area contributed by atoms with Crippen molar-refractivity contribution in [2.75, 3.05) is 20.2 Å². The summed E-state index contributed by atoms with van der Waals surface area (Å²) in [7, 11) is 1.61. The van der Waals surface area contributed by atoms with Crippen LogP contribution in [0.5, 0.6) is 0 Å². The Labute approximate surface area is 89.6 Å². The van der Waals surface area contributed by atoms with Crippen LogP contribution in [-0.4, -0.2) is 59.5 Å². The highest BCUT2D eigenvalue weighted by Gasteiger charge is 2.32. The lowest BCUT2D eigenvalue weighted by Crippen LogP contribution is -2.30. The van der Waals surface area contributed by atoms with Crippen LogP contribution >= 0.6 is 0 Å². The second kappa shape index (κ2) is 5.44. The van der Waals surface area contributed by atoms with Crippen LogP contribution in [-0.2, 0) is 9.53 Å². The highest BCUT2D eigenvalue weighted by molar-refractivity contribution is 5.76. The summed E-state index contributed by atoms with van der Waals surface area (Å²) in [6, 6.07) is 0. The van der Waals surface area contributed by atoms with Gasteiger partial charge in [0.15, 0.2) is 0 Å². The van der Waals surface area contributed by atoms with Gasteiger partial charge in [-0.05, 0) is 13.3 Å². The molecule has 0 spiro atoms. The summed E-state index contributed by atoms with van der Waals surface area (Å²) in [6.07, 6.45) is -0.471. The Morgan fingerprint density at radius 1 is 1.47 bits per heavy atom. The average molecular weight is 217 g/mol. The van der Waals surface area contributed by atoms with Crippen LogP contribution in [0.25, 0.3) is 0 Å². The van der Waals surface area contributed by atoms with Crippen molar-refractivity contribution in [1.29, 1.82) is 0 Å². The second-order valence-corrected chi connectivity index (χ2v) is 4.02. The maximum atomic E-state index is 11.6. The van der Waals surface area contributed by atoms with Gasteiger partial charge in [0.25, 0.3) is 0 Å². The zero-order valence-corrected chi connectivity index (χ0v) is 9.22. The molecule has 1 aliphatic rings. The fourth-order valence-corrected chi connectivity index (χ4v) is 1.58. The summed E-state index contributed by atoms with van der Waals surface area (Å²) in [5.74, 6) is -0.0329. The summed E-state index contributed by atoms with van der Waals surface area (Å²) < 4.78 is 5.04. The molecule has 2 N–H and O–H groups in total. The minimum Gasteiger partial charge on any atom is -0.388 e. The number of ether oxygens (including phenoxy) is 1. The molecular formula is C10H19NO4. The quantitative estimate of drug-likeness (QED) is 0.657. The predicted molar refractivity (Wildman–Crippen MR) is 54.3 cm³/mol. The molecule has 0 aromatic carbocycles. The van der Waals surface area contributed by atoms with Crippen LogP contribution in [0.1, 0.15) is 19.8 Å². The molecule has 3 atom stereocenters. The average Bonchev–Trinajstić information content (AvgIpc) is 2.55. The van der Waals surface area contributed by atoms with E-state index >= 15 is 0 Å². The molecule has 15 heavy (non-hydrogen) atoms. The predicted octanol–water partition coefficient (Wildman–Crippen LogP) is -0.635. The smallest absolute Gasteiger partial charge is 0.222 e. The minimum atomic E-state index is -0.797. The van der Waals surface area contributed by atoms with Gasteiger partial charge in [-0.25, -0.2) is 0 Å². The van der Waals surface area contributed by atoms with E-state index in [2.05, 4.69) is 0 Å². The first-order chi connectivity index (χ1) is 7.04. The summed E-state index contributed by atoms with van der Waals surface area (Å²) in [5.41, 5.74) is 0. The summed E-state index contributed by atoms with van der Waals surface area (Å²) in [6.45, 7) is 2.38. The Bertz CT molecular complexity index is 211. The SMILES string of the molecule is COC(C)CCC(=O)N1CC(O)C(O)C1. The van der Waals surface area contributed by atoms with Crippen molar-refractivity contribution in [2.24, 2.45) is 0 Å². The van der Waals surface area contributed by atoms with Crippen molar-refractivity contribution < 1.29 is 19.7 Å². The molecule has 0 radical (unpaired) electrons. The number of methoxy groups -OCH3 is 1. The molecule has 0 aromatic heterocycles. The Balaban J connectivity index is 2.29. The molecule has 0 saturated carbocycles. The monoisotopic (exact) mass is 217 g/mol. The molecule has 1 saturated heterocycles. The van der Waals surface area contributed by atoms with Gasteiger partial charge in [-0.1, -0.05) is 0 Å². The van der Waals surface area contributed by atoms with Crippen molar-refractivity contribution in [1.82, 2.24) is 4.90 Å². The van der Waals surface area contributed by atoms with Crippen molar-refractivity contribution in [2.45, 2.75) is 38.1 Å². The molecule has 5 nitrogen and oxygen atoms in total. The summed E-state index contributed by atoms with van der Waals surface area (Å²) >= 11 is 0. The van der Waals surface area contributed by atoms with Crippen LogP contribution in [0.2, 0.25) is 0 Å². The molecule has 1 fully saturated rings. The highest BCUT2D eigenvalue weighted by atomic mass is 16.5. The number of amides is 1. The lowest BCUT2D eigenvalue weighted by molar-refractivity contribution is -0.131. The largest absolute Gasteiger partial charge is 0.388 e. The summed E-state index contributed by atoms with van der Waals surface area (Å²) in [5, 5.41) is 18.5. The molecule has 1 aliphatic heterocycles. The first-order valence-corrected chi connectivity index (χ1v) is 5.21. The van der Waals surface area contributed by atoms with Crippen molar-refractivity contribution in [3.63, 3.8) is 0 Å². The number of aliphatic hydroxyl groups excluding tert-OH is 2. The van der Waals surface area contributed by atoms with E-state index in [9.17, 15) is 15.0 Å². The lowest BCUT2D eigenvalue weighted by atomic mass is 10.2. The third-order valence-electron chi connectivity index (χ3n) is 2.78. The zero-order chi connectivity index (χ0) is 11.4. The van der Waals surface area contributed by atoms with Gasteiger partial charge in [0.2, 0.25) is 5.91 Å². The van der Waals surface area contributed by atoms with E-state index in [1.165, 1.54) is 4.90 Å². The molecule has 5 heteroatoms. The van der Waals surface area contributed by atoms with Crippen LogP contribution < -0.4 is 0 Å². The Morgan fingerprint density at radius 2 is 2.00 bits per heavy atom. The van der Waals surface area contributed by atoms with Crippen LogP contribution in [0.4, 0.5) is 0 Å². The number of hydrogen-bond acceptors (Lipinski definition) is 4. The standard InChI is InChI=1S/C10H19NO4/c1-7(15-2)3-4-10(14)11-5-8(12)9(13)6-11/h7-9,12-13H,3-6H2,1-2H3. The van der Waals surface area contributed by atoms with Gasteiger partial charge in [0.1, 0.15) is 0 Å². The Kier molecular flexibility index (Phi) is 4.50. The maximum Gasteiger partial charge on any atom is 0.222 e. The number of carbonyl (C=O) groups excluding carboxylic acids is 1. The molecule has 88 valence electrons. The Morgan fingerprint density at radius 3 is 2.47 bits per heavy atom. The van der Waals surface area contributed by atoms with Gasteiger partial charge in [0, 0.05) is 26.6 Å². The normalized spacial score (nSPS) is 28.1. The number of hydrogen-bond donors (Lipinski definition) is 2. The van der Waals surface area contributed by atoms with Crippen molar-refractivity contribution in [3.8, 4) is 0 Å². The first kappa shape index (κ1) is 12.4. The zero-order valence-electron chi connectivity index (χ0n) is 9.22. The van der Waals surface area contributed by atoms with E-state index in [1.54, 1.807) is 7.11 Å². The van der Waals surface area contributed by atoms with Gasteiger partial charge < -0.3 is 19.8 Å². The van der Waals surface area contributed by atoms with Crippen LogP contribution in [0.3, 0.4) is 0 Å². The summed E-state index contributed by atoms with van der Waals surface area (Å²) in [4.78, 5) is 13.1. The number of likely N-dealkylation sites (tertiary alicyclic amines) is 1. The second-order valence-electron chi connectivity index (χ2n) is 4.02. The number of β-amino-alcohol motifs (C(OH)–C–C–N with tert-alkyl or cyclic N) is 2. The topological polar surface area (TPSA) is 70.0 Å². The van der Waals surface area contributed by atoms with Gasteiger partial charge >= 0.3 is 0 Å². The minimum absolute atomic E-state index is 0.0329. The molecule has 1 rings (SSSR count). The molecular weight excluding hydrogens is 198 g/mol. The van der Waals surface area contributed by atoms with E-state index in [0.717, 1.165) is 0 Å². The number of aliphatic hydroxyl groups is 2. The highest BCUT2D eigenvalue weighted by Crippen LogP contribution is 2.12. The van der Waals surface area contributed by atoms with Crippen molar-refractivity contribution in [3.05, 3.63) is 0 Å². The van der Waals surface area contributed by atoms with E-state index in [-0.39, 0.29) is 25.1 Å². The van der Waals surface area contributed by atoms with E-state index < -0.39 is 12.2 Å². The third-order valence-corrected chi connectivity index (χ3v) is 2.78. The fraction of sp³-hybridized carbons (Fsp3) is 0.900. The molecule has 1 heterocycles. The third kappa shape index (κ3) is 3.44. The first-order valence-electron chi connectivity index (χ1n) is 5.21. The van der Waals surface area contributed by atoms with Gasteiger partial charge in [-0.2, -0.15) is 0 Å². The van der Waals surface area contributed by atoms with Crippen LogP contribution in [0, 0.1) is 0 Å². The molecule has 0 aliphatic carbocycles. The number of carbonyl (C=O) groups is 1. The molecule has 3 unspecified atom stereocenters. The van der Waals surface area contributed by atoms with Gasteiger partial charge in [-0.3, -0.25) is 4.79 Å². The van der Waals surface area contributed by atoms with Gasteiger partial charge in [-0.15, -0.1) is 0 Å². The number of rotatable bonds is 4. The molecule has 0 aromatic rings. The number of nitrogens with zero attached hydrogens (tertiary/aromatic N) is 1. The molecule has 1 amide bonds. The van der Waals surface area contributed by atoms with E-state index in [4.69, 9.17) is 4.74 Å².